The Labute approximate surface area is 170 Å². The summed E-state index contributed by atoms with van der Waals surface area (Å²) in [5.41, 5.74) is 4.18. The SMILES string of the molecule is Cc1nn(C)cc1C(=O)N1CCC(c2ccc(Cc3ccccc3F)cn2)CC1. The Kier molecular flexibility index (Phi) is 5.43. The van der Waals surface area contributed by atoms with Crippen LogP contribution in [0.15, 0.2) is 48.8 Å². The molecule has 0 unspecified atom stereocenters. The molecule has 150 valence electrons. The molecule has 1 saturated heterocycles. The predicted octanol–water partition coefficient (Wildman–Crippen LogP) is 3.87. The summed E-state index contributed by atoms with van der Waals surface area (Å²) in [7, 11) is 1.83. The number of pyridine rings is 1. The molecule has 2 aromatic heterocycles. The Morgan fingerprint density at radius 1 is 1.17 bits per heavy atom. The minimum atomic E-state index is -0.183. The van der Waals surface area contributed by atoms with E-state index in [1.807, 2.05) is 43.3 Å². The Morgan fingerprint density at radius 3 is 2.55 bits per heavy atom. The van der Waals surface area contributed by atoms with Crippen LogP contribution in [0.3, 0.4) is 0 Å². The quantitative estimate of drug-likeness (QED) is 0.677. The molecule has 29 heavy (non-hydrogen) atoms. The second kappa shape index (κ2) is 8.15. The first-order chi connectivity index (χ1) is 14.0. The zero-order chi connectivity index (χ0) is 20.4. The molecule has 0 spiro atoms. The van der Waals surface area contributed by atoms with Crippen LogP contribution < -0.4 is 0 Å². The highest BCUT2D eigenvalue weighted by molar-refractivity contribution is 5.95. The molecule has 0 atom stereocenters. The van der Waals surface area contributed by atoms with Gasteiger partial charge in [-0.15, -0.1) is 0 Å². The lowest BCUT2D eigenvalue weighted by molar-refractivity contribution is 0.0711. The fraction of sp³-hybridized carbons (Fsp3) is 0.348. The number of halogens is 1. The summed E-state index contributed by atoms with van der Waals surface area (Å²) in [6, 6.07) is 10.9. The van der Waals surface area contributed by atoms with E-state index in [4.69, 9.17) is 0 Å². The summed E-state index contributed by atoms with van der Waals surface area (Å²) in [6.07, 6.45) is 5.96. The number of aromatic nitrogens is 3. The third kappa shape index (κ3) is 4.21. The minimum Gasteiger partial charge on any atom is -0.338 e. The average molecular weight is 392 g/mol. The highest BCUT2D eigenvalue weighted by atomic mass is 19.1. The number of benzene rings is 1. The standard InChI is InChI=1S/C23H25FN4O/c1-16-20(15-27(2)26-16)23(29)28-11-9-18(10-12-28)22-8-7-17(14-25-22)13-19-5-3-4-6-21(19)24/h3-8,14-15,18H,9-13H2,1-2H3. The number of aryl methyl sites for hydroxylation is 2. The minimum absolute atomic E-state index is 0.0576. The lowest BCUT2D eigenvalue weighted by Crippen LogP contribution is -2.38. The Hall–Kier alpha value is -3.02. The molecule has 4 rings (SSSR count). The van der Waals surface area contributed by atoms with Gasteiger partial charge in [-0.2, -0.15) is 5.10 Å². The van der Waals surface area contributed by atoms with Crippen molar-refractivity contribution in [3.63, 3.8) is 0 Å². The monoisotopic (exact) mass is 392 g/mol. The van der Waals surface area contributed by atoms with Gasteiger partial charge in [-0.25, -0.2) is 4.39 Å². The normalized spacial score (nSPS) is 14.9. The number of nitrogens with zero attached hydrogens (tertiary/aromatic N) is 4. The van der Waals surface area contributed by atoms with Gasteiger partial charge in [0.25, 0.3) is 5.91 Å². The maximum Gasteiger partial charge on any atom is 0.257 e. The highest BCUT2D eigenvalue weighted by Gasteiger charge is 2.26. The van der Waals surface area contributed by atoms with Crippen molar-refractivity contribution in [3.05, 3.63) is 82.7 Å². The van der Waals surface area contributed by atoms with Crippen molar-refractivity contribution in [2.45, 2.75) is 32.1 Å². The fourth-order valence-corrected chi connectivity index (χ4v) is 4.00. The van der Waals surface area contributed by atoms with Gasteiger partial charge in [0, 0.05) is 50.6 Å². The number of rotatable bonds is 4. The third-order valence-electron chi connectivity index (χ3n) is 5.64. The van der Waals surface area contributed by atoms with Gasteiger partial charge in [0.05, 0.1) is 11.3 Å². The highest BCUT2D eigenvalue weighted by Crippen LogP contribution is 2.28. The van der Waals surface area contributed by atoms with Gasteiger partial charge in [-0.3, -0.25) is 14.5 Å². The van der Waals surface area contributed by atoms with Gasteiger partial charge < -0.3 is 4.90 Å². The number of piperidine rings is 1. The first-order valence-electron chi connectivity index (χ1n) is 9.99. The Bertz CT molecular complexity index is 1000. The largest absolute Gasteiger partial charge is 0.338 e. The zero-order valence-electron chi connectivity index (χ0n) is 16.8. The molecular formula is C23H25FN4O. The van der Waals surface area contributed by atoms with E-state index < -0.39 is 0 Å². The van der Waals surface area contributed by atoms with Crippen LogP contribution in [-0.4, -0.2) is 38.7 Å². The number of carbonyl (C=O) groups is 1. The molecule has 0 saturated carbocycles. The first kappa shape index (κ1) is 19.3. The molecule has 6 heteroatoms. The summed E-state index contributed by atoms with van der Waals surface area (Å²) >= 11 is 0. The van der Waals surface area contributed by atoms with Crippen LogP contribution in [0.25, 0.3) is 0 Å². The molecule has 0 N–H and O–H groups in total. The van der Waals surface area contributed by atoms with Crippen LogP contribution in [0, 0.1) is 12.7 Å². The van der Waals surface area contributed by atoms with Crippen LogP contribution in [0.2, 0.25) is 0 Å². The Balaban J connectivity index is 1.37. The van der Waals surface area contributed by atoms with Crippen molar-refractivity contribution in [3.8, 4) is 0 Å². The van der Waals surface area contributed by atoms with Crippen LogP contribution in [0.1, 0.15) is 51.6 Å². The summed E-state index contributed by atoms with van der Waals surface area (Å²) in [5.74, 6) is 0.219. The van der Waals surface area contributed by atoms with Gasteiger partial charge >= 0.3 is 0 Å². The van der Waals surface area contributed by atoms with E-state index in [1.165, 1.54) is 6.07 Å². The molecule has 0 bridgehead atoms. The second-order valence-electron chi connectivity index (χ2n) is 7.73. The fourth-order valence-electron chi connectivity index (χ4n) is 4.00. The van der Waals surface area contributed by atoms with Crippen LogP contribution in [0.4, 0.5) is 4.39 Å². The van der Waals surface area contributed by atoms with Crippen molar-refractivity contribution in [2.75, 3.05) is 13.1 Å². The number of carbonyl (C=O) groups excluding carboxylic acids is 1. The number of hydrogen-bond donors (Lipinski definition) is 0. The molecule has 1 aliphatic heterocycles. The van der Waals surface area contributed by atoms with E-state index in [1.54, 1.807) is 23.0 Å². The lowest BCUT2D eigenvalue weighted by Gasteiger charge is -2.31. The molecule has 3 aromatic rings. The molecular weight excluding hydrogens is 367 g/mol. The molecule has 5 nitrogen and oxygen atoms in total. The van der Waals surface area contributed by atoms with Crippen molar-refractivity contribution in [1.29, 1.82) is 0 Å². The van der Waals surface area contributed by atoms with Gasteiger partial charge in [0.1, 0.15) is 5.82 Å². The van der Waals surface area contributed by atoms with Crippen LogP contribution in [-0.2, 0) is 13.5 Å². The lowest BCUT2D eigenvalue weighted by atomic mass is 9.92. The predicted molar refractivity (Wildman–Crippen MR) is 109 cm³/mol. The zero-order valence-corrected chi connectivity index (χ0v) is 16.8. The van der Waals surface area contributed by atoms with Gasteiger partial charge in [-0.1, -0.05) is 24.3 Å². The van der Waals surface area contributed by atoms with Crippen molar-refractivity contribution in [2.24, 2.45) is 7.05 Å². The van der Waals surface area contributed by atoms with E-state index in [-0.39, 0.29) is 11.7 Å². The van der Waals surface area contributed by atoms with Crippen molar-refractivity contribution in [1.82, 2.24) is 19.7 Å². The Morgan fingerprint density at radius 2 is 1.93 bits per heavy atom. The van der Waals surface area contributed by atoms with Gasteiger partial charge in [-0.05, 0) is 43.0 Å². The average Bonchev–Trinajstić information content (AvgIpc) is 3.08. The van der Waals surface area contributed by atoms with Crippen molar-refractivity contribution < 1.29 is 9.18 Å². The van der Waals surface area contributed by atoms with E-state index in [9.17, 15) is 9.18 Å². The molecule has 1 fully saturated rings. The molecule has 1 aliphatic rings. The van der Waals surface area contributed by atoms with E-state index in [0.29, 0.717) is 23.5 Å². The molecule has 0 radical (unpaired) electrons. The van der Waals surface area contributed by atoms with Crippen LogP contribution in [0.5, 0.6) is 0 Å². The summed E-state index contributed by atoms with van der Waals surface area (Å²) in [4.78, 5) is 19.3. The summed E-state index contributed by atoms with van der Waals surface area (Å²) < 4.78 is 15.5. The van der Waals surface area contributed by atoms with Gasteiger partial charge in [0.2, 0.25) is 0 Å². The second-order valence-corrected chi connectivity index (χ2v) is 7.73. The van der Waals surface area contributed by atoms with E-state index in [2.05, 4.69) is 10.1 Å². The smallest absolute Gasteiger partial charge is 0.257 e. The number of amides is 1. The topological polar surface area (TPSA) is 51.0 Å². The maximum absolute atomic E-state index is 13.8. The molecule has 1 aromatic carbocycles. The maximum atomic E-state index is 13.8. The van der Waals surface area contributed by atoms with Crippen LogP contribution >= 0.6 is 0 Å². The third-order valence-corrected chi connectivity index (χ3v) is 5.64. The first-order valence-corrected chi connectivity index (χ1v) is 9.99. The number of hydrogen-bond acceptors (Lipinski definition) is 3. The van der Waals surface area contributed by atoms with Gasteiger partial charge in [0.15, 0.2) is 0 Å². The molecule has 0 aliphatic carbocycles. The molecule has 1 amide bonds. The number of likely N-dealkylation sites (tertiary alicyclic amines) is 1. The molecule has 3 heterocycles. The van der Waals surface area contributed by atoms with E-state index in [0.717, 1.165) is 42.9 Å². The summed E-state index contributed by atoms with van der Waals surface area (Å²) in [6.45, 7) is 3.31. The van der Waals surface area contributed by atoms with E-state index >= 15 is 0 Å². The summed E-state index contributed by atoms with van der Waals surface area (Å²) in [5, 5.41) is 4.27. The van der Waals surface area contributed by atoms with Crippen molar-refractivity contribution >= 4 is 5.91 Å².